The number of hydrogen-bond donors (Lipinski definition) is 1. The first kappa shape index (κ1) is 8.09. The van der Waals surface area contributed by atoms with E-state index in [1.807, 2.05) is 0 Å². The zero-order chi connectivity index (χ0) is 8.27. The summed E-state index contributed by atoms with van der Waals surface area (Å²) in [6.07, 6.45) is 1.43. The largest absolute Gasteiger partial charge is 0.286 e. The number of aromatic nitrogens is 2. The van der Waals surface area contributed by atoms with Gasteiger partial charge in [-0.05, 0) is 0 Å². The molecule has 0 aliphatic rings. The molecule has 1 heterocycles. The van der Waals surface area contributed by atoms with Crippen molar-refractivity contribution in [2.24, 2.45) is 0 Å². The van der Waals surface area contributed by atoms with Crippen LogP contribution in [0.25, 0.3) is 0 Å². The molecular formula is C5H8N4OS. The van der Waals surface area contributed by atoms with Crippen LogP contribution < -0.4 is 5.43 Å². The SMILES string of the molecule is CN(C)NC(=O)c1cnsn1. The van der Waals surface area contributed by atoms with Crippen LogP contribution in [0.2, 0.25) is 0 Å². The molecule has 0 saturated carbocycles. The third kappa shape index (κ3) is 2.24. The first-order chi connectivity index (χ1) is 5.20. The van der Waals surface area contributed by atoms with Gasteiger partial charge in [-0.3, -0.25) is 10.2 Å². The van der Waals surface area contributed by atoms with E-state index < -0.39 is 0 Å². The van der Waals surface area contributed by atoms with Gasteiger partial charge in [0.15, 0.2) is 5.69 Å². The molecule has 0 spiro atoms. The predicted molar refractivity (Wildman–Crippen MR) is 41.1 cm³/mol. The molecule has 1 amide bonds. The van der Waals surface area contributed by atoms with Gasteiger partial charge in [0.2, 0.25) is 0 Å². The van der Waals surface area contributed by atoms with Crippen LogP contribution in [0.4, 0.5) is 0 Å². The van der Waals surface area contributed by atoms with E-state index in [-0.39, 0.29) is 5.91 Å². The molecule has 1 aromatic heterocycles. The van der Waals surface area contributed by atoms with E-state index >= 15 is 0 Å². The van der Waals surface area contributed by atoms with Gasteiger partial charge >= 0.3 is 0 Å². The minimum absolute atomic E-state index is 0.233. The van der Waals surface area contributed by atoms with Crippen LogP contribution in [0.15, 0.2) is 6.20 Å². The minimum atomic E-state index is -0.233. The molecule has 5 nitrogen and oxygen atoms in total. The number of carbonyl (C=O) groups is 1. The Kier molecular flexibility index (Phi) is 2.50. The average molecular weight is 172 g/mol. The van der Waals surface area contributed by atoms with Crippen LogP contribution in [0, 0.1) is 0 Å². The molecular weight excluding hydrogens is 164 g/mol. The van der Waals surface area contributed by atoms with Crippen LogP contribution in [-0.2, 0) is 0 Å². The van der Waals surface area contributed by atoms with Crippen molar-refractivity contribution in [3.8, 4) is 0 Å². The van der Waals surface area contributed by atoms with Crippen LogP contribution in [0.5, 0.6) is 0 Å². The Balaban J connectivity index is 2.57. The topological polar surface area (TPSA) is 58.1 Å². The molecule has 1 aromatic rings. The summed E-state index contributed by atoms with van der Waals surface area (Å²) >= 11 is 1.02. The molecule has 0 saturated heterocycles. The molecule has 0 bridgehead atoms. The number of nitrogens with one attached hydrogen (secondary N) is 1. The highest BCUT2D eigenvalue weighted by Crippen LogP contribution is 1.93. The fourth-order valence-corrected chi connectivity index (χ4v) is 0.937. The number of hydrazine groups is 1. The molecule has 60 valence electrons. The van der Waals surface area contributed by atoms with E-state index in [0.717, 1.165) is 11.7 Å². The Labute approximate surface area is 68.3 Å². The molecule has 0 aliphatic carbocycles. The van der Waals surface area contributed by atoms with Crippen molar-refractivity contribution in [2.75, 3.05) is 14.1 Å². The summed E-state index contributed by atoms with van der Waals surface area (Å²) in [4.78, 5) is 11.1. The van der Waals surface area contributed by atoms with Gasteiger partial charge in [0.25, 0.3) is 5.91 Å². The molecule has 0 radical (unpaired) electrons. The first-order valence-electron chi connectivity index (χ1n) is 2.96. The number of carbonyl (C=O) groups excluding carboxylic acids is 1. The fourth-order valence-electron chi connectivity index (χ4n) is 0.525. The van der Waals surface area contributed by atoms with Crippen molar-refractivity contribution in [3.05, 3.63) is 11.9 Å². The zero-order valence-corrected chi connectivity index (χ0v) is 7.05. The van der Waals surface area contributed by atoms with Crippen LogP contribution in [0.1, 0.15) is 10.5 Å². The van der Waals surface area contributed by atoms with E-state index in [2.05, 4.69) is 14.2 Å². The summed E-state index contributed by atoms with van der Waals surface area (Å²) in [6, 6.07) is 0. The normalized spacial score (nSPS) is 10.1. The average Bonchev–Trinajstić information content (AvgIpc) is 2.35. The molecule has 1 rings (SSSR count). The monoisotopic (exact) mass is 172 g/mol. The molecule has 11 heavy (non-hydrogen) atoms. The quantitative estimate of drug-likeness (QED) is 0.625. The minimum Gasteiger partial charge on any atom is -0.284 e. The third-order valence-electron chi connectivity index (χ3n) is 0.919. The lowest BCUT2D eigenvalue weighted by atomic mass is 10.5. The van der Waals surface area contributed by atoms with Gasteiger partial charge in [-0.25, -0.2) is 5.01 Å². The summed E-state index contributed by atoms with van der Waals surface area (Å²) < 4.78 is 7.46. The van der Waals surface area contributed by atoms with Gasteiger partial charge in [0, 0.05) is 14.1 Å². The Bertz CT molecular complexity index is 233. The lowest BCUT2D eigenvalue weighted by molar-refractivity contribution is 0.0852. The number of amides is 1. The van der Waals surface area contributed by atoms with E-state index in [1.165, 1.54) is 6.20 Å². The Morgan fingerprint density at radius 1 is 1.73 bits per heavy atom. The maximum atomic E-state index is 11.1. The number of nitrogens with zero attached hydrogens (tertiary/aromatic N) is 3. The van der Waals surface area contributed by atoms with Crippen molar-refractivity contribution in [2.45, 2.75) is 0 Å². The van der Waals surface area contributed by atoms with Crippen molar-refractivity contribution in [1.82, 2.24) is 19.2 Å². The van der Waals surface area contributed by atoms with Gasteiger partial charge < -0.3 is 0 Å². The van der Waals surface area contributed by atoms with E-state index in [0.29, 0.717) is 5.69 Å². The number of rotatable bonds is 2. The summed E-state index contributed by atoms with van der Waals surface area (Å²) in [5.41, 5.74) is 2.89. The van der Waals surface area contributed by atoms with Gasteiger partial charge in [-0.2, -0.15) is 8.75 Å². The highest BCUT2D eigenvalue weighted by Gasteiger charge is 2.07. The van der Waals surface area contributed by atoms with Gasteiger partial charge in [-0.15, -0.1) is 0 Å². The van der Waals surface area contributed by atoms with E-state index in [1.54, 1.807) is 19.1 Å². The Hall–Kier alpha value is -1.01. The smallest absolute Gasteiger partial charge is 0.284 e. The van der Waals surface area contributed by atoms with Crippen molar-refractivity contribution >= 4 is 17.6 Å². The highest BCUT2D eigenvalue weighted by atomic mass is 32.1. The number of hydrogen-bond acceptors (Lipinski definition) is 5. The predicted octanol–water partition coefficient (Wildman–Crippen LogP) is -0.256. The second kappa shape index (κ2) is 3.40. The highest BCUT2D eigenvalue weighted by molar-refractivity contribution is 6.99. The third-order valence-corrected chi connectivity index (χ3v) is 1.40. The Morgan fingerprint density at radius 3 is 2.91 bits per heavy atom. The molecule has 1 N–H and O–H groups in total. The molecule has 0 aromatic carbocycles. The molecule has 0 fully saturated rings. The maximum Gasteiger partial charge on any atom is 0.286 e. The lowest BCUT2D eigenvalue weighted by Gasteiger charge is -2.09. The Morgan fingerprint density at radius 2 is 2.45 bits per heavy atom. The second-order valence-electron chi connectivity index (χ2n) is 2.13. The summed E-state index contributed by atoms with van der Waals surface area (Å²) in [5, 5.41) is 1.56. The van der Waals surface area contributed by atoms with Gasteiger partial charge in [0.05, 0.1) is 17.9 Å². The summed E-state index contributed by atoms with van der Waals surface area (Å²) in [5.74, 6) is -0.233. The van der Waals surface area contributed by atoms with Crippen molar-refractivity contribution in [3.63, 3.8) is 0 Å². The molecule has 0 aliphatic heterocycles. The maximum absolute atomic E-state index is 11.1. The molecule has 0 unspecified atom stereocenters. The van der Waals surface area contributed by atoms with E-state index in [9.17, 15) is 4.79 Å². The zero-order valence-electron chi connectivity index (χ0n) is 6.24. The molecule has 6 heteroatoms. The second-order valence-corrected chi connectivity index (χ2v) is 2.68. The van der Waals surface area contributed by atoms with E-state index in [4.69, 9.17) is 0 Å². The van der Waals surface area contributed by atoms with Crippen molar-refractivity contribution in [1.29, 1.82) is 0 Å². The molecule has 0 atom stereocenters. The standard InChI is InChI=1S/C5H8N4OS/c1-9(2)7-5(10)4-3-6-11-8-4/h3H,1-2H3,(H,7,10). The van der Waals surface area contributed by atoms with Gasteiger partial charge in [-0.1, -0.05) is 0 Å². The van der Waals surface area contributed by atoms with Crippen molar-refractivity contribution < 1.29 is 4.79 Å². The summed E-state index contributed by atoms with van der Waals surface area (Å²) in [6.45, 7) is 0. The first-order valence-corrected chi connectivity index (χ1v) is 3.69. The fraction of sp³-hybridized carbons (Fsp3) is 0.400. The van der Waals surface area contributed by atoms with Crippen LogP contribution in [0.3, 0.4) is 0 Å². The van der Waals surface area contributed by atoms with Crippen LogP contribution in [-0.4, -0.2) is 33.8 Å². The lowest BCUT2D eigenvalue weighted by Crippen LogP contribution is -2.36. The van der Waals surface area contributed by atoms with Crippen LogP contribution >= 0.6 is 11.7 Å². The summed E-state index contributed by atoms with van der Waals surface area (Å²) in [7, 11) is 3.47. The van der Waals surface area contributed by atoms with Gasteiger partial charge in [0.1, 0.15) is 0 Å².